The van der Waals surface area contributed by atoms with E-state index in [1.807, 2.05) is 25.2 Å². The SMILES string of the molecule is CN1CC2(CC2)C(=O)Nc2c(N)cccc21. The van der Waals surface area contributed by atoms with E-state index in [0.717, 1.165) is 30.8 Å². The van der Waals surface area contributed by atoms with E-state index in [4.69, 9.17) is 5.73 Å². The van der Waals surface area contributed by atoms with Crippen molar-refractivity contribution < 1.29 is 4.79 Å². The molecule has 2 aliphatic rings. The minimum Gasteiger partial charge on any atom is -0.397 e. The molecule has 1 amide bonds. The summed E-state index contributed by atoms with van der Waals surface area (Å²) in [7, 11) is 2.01. The average molecular weight is 217 g/mol. The van der Waals surface area contributed by atoms with E-state index >= 15 is 0 Å². The lowest BCUT2D eigenvalue weighted by molar-refractivity contribution is -0.120. The highest BCUT2D eigenvalue weighted by atomic mass is 16.2. The average Bonchev–Trinajstić information content (AvgIpc) is 3.01. The van der Waals surface area contributed by atoms with Crippen molar-refractivity contribution in [2.24, 2.45) is 5.41 Å². The number of rotatable bonds is 0. The molecule has 1 aromatic rings. The van der Waals surface area contributed by atoms with Crippen LogP contribution in [0, 0.1) is 5.41 Å². The number of para-hydroxylation sites is 1. The van der Waals surface area contributed by atoms with Gasteiger partial charge in [-0.05, 0) is 25.0 Å². The number of anilines is 3. The van der Waals surface area contributed by atoms with Crippen LogP contribution in [0.15, 0.2) is 18.2 Å². The molecule has 0 radical (unpaired) electrons. The Hall–Kier alpha value is -1.71. The van der Waals surface area contributed by atoms with Crippen LogP contribution in [0.3, 0.4) is 0 Å². The van der Waals surface area contributed by atoms with E-state index in [1.54, 1.807) is 0 Å². The molecule has 0 saturated heterocycles. The van der Waals surface area contributed by atoms with Crippen LogP contribution in [0.2, 0.25) is 0 Å². The third-order valence-corrected chi connectivity index (χ3v) is 3.60. The van der Waals surface area contributed by atoms with Gasteiger partial charge in [-0.2, -0.15) is 0 Å². The van der Waals surface area contributed by atoms with Gasteiger partial charge >= 0.3 is 0 Å². The normalized spacial score (nSPS) is 21.3. The van der Waals surface area contributed by atoms with Gasteiger partial charge in [0, 0.05) is 13.6 Å². The summed E-state index contributed by atoms with van der Waals surface area (Å²) >= 11 is 0. The van der Waals surface area contributed by atoms with Gasteiger partial charge in [0.1, 0.15) is 0 Å². The molecule has 84 valence electrons. The van der Waals surface area contributed by atoms with Crippen LogP contribution in [-0.4, -0.2) is 19.5 Å². The van der Waals surface area contributed by atoms with Crippen LogP contribution < -0.4 is 16.0 Å². The van der Waals surface area contributed by atoms with Gasteiger partial charge in [0.25, 0.3) is 0 Å². The molecule has 1 heterocycles. The zero-order valence-electron chi connectivity index (χ0n) is 9.29. The maximum absolute atomic E-state index is 12.1. The smallest absolute Gasteiger partial charge is 0.232 e. The highest BCUT2D eigenvalue weighted by Crippen LogP contribution is 2.50. The van der Waals surface area contributed by atoms with Crippen LogP contribution in [0.1, 0.15) is 12.8 Å². The van der Waals surface area contributed by atoms with Crippen LogP contribution in [-0.2, 0) is 4.79 Å². The maximum Gasteiger partial charge on any atom is 0.232 e. The van der Waals surface area contributed by atoms with E-state index in [9.17, 15) is 4.79 Å². The standard InChI is InChI=1S/C12H15N3O/c1-15-7-12(5-6-12)11(16)14-10-8(13)3-2-4-9(10)15/h2-4H,5-7,13H2,1H3,(H,14,16). The number of benzene rings is 1. The first-order valence-corrected chi connectivity index (χ1v) is 5.53. The highest BCUT2D eigenvalue weighted by molar-refractivity contribution is 6.04. The molecule has 4 nitrogen and oxygen atoms in total. The lowest BCUT2D eigenvalue weighted by Crippen LogP contribution is -2.31. The summed E-state index contributed by atoms with van der Waals surface area (Å²) in [6.07, 6.45) is 1.97. The van der Waals surface area contributed by atoms with Gasteiger partial charge in [0.15, 0.2) is 0 Å². The van der Waals surface area contributed by atoms with E-state index in [2.05, 4.69) is 10.2 Å². The quantitative estimate of drug-likeness (QED) is 0.646. The Balaban J connectivity index is 2.10. The van der Waals surface area contributed by atoms with Gasteiger partial charge in [0.2, 0.25) is 5.91 Å². The summed E-state index contributed by atoms with van der Waals surface area (Å²) in [5.41, 5.74) is 8.14. The predicted octanol–water partition coefficient (Wildman–Crippen LogP) is 1.44. The first-order chi connectivity index (χ1) is 7.62. The zero-order valence-corrected chi connectivity index (χ0v) is 9.29. The minimum absolute atomic E-state index is 0.121. The number of nitrogen functional groups attached to an aromatic ring is 1. The van der Waals surface area contributed by atoms with Crippen molar-refractivity contribution in [3.05, 3.63) is 18.2 Å². The number of nitrogens with two attached hydrogens (primary N) is 1. The summed E-state index contributed by atoms with van der Waals surface area (Å²) in [6.45, 7) is 0.787. The van der Waals surface area contributed by atoms with Gasteiger partial charge in [-0.3, -0.25) is 4.79 Å². The van der Waals surface area contributed by atoms with E-state index in [1.165, 1.54) is 0 Å². The second-order valence-electron chi connectivity index (χ2n) is 4.83. The molecule has 1 spiro atoms. The molecule has 1 saturated carbocycles. The summed E-state index contributed by atoms with van der Waals surface area (Å²) in [4.78, 5) is 14.2. The van der Waals surface area contributed by atoms with Crippen molar-refractivity contribution in [2.45, 2.75) is 12.8 Å². The van der Waals surface area contributed by atoms with E-state index < -0.39 is 0 Å². The second kappa shape index (κ2) is 2.90. The molecule has 0 aromatic heterocycles. The molecular formula is C12H15N3O. The number of nitrogens with one attached hydrogen (secondary N) is 1. The van der Waals surface area contributed by atoms with Gasteiger partial charge in [-0.1, -0.05) is 6.07 Å². The molecule has 1 aromatic carbocycles. The fourth-order valence-electron chi connectivity index (χ4n) is 2.40. The van der Waals surface area contributed by atoms with Crippen molar-refractivity contribution in [3.8, 4) is 0 Å². The molecule has 1 aliphatic carbocycles. The molecule has 4 heteroatoms. The third-order valence-electron chi connectivity index (χ3n) is 3.60. The van der Waals surface area contributed by atoms with Gasteiger partial charge in [0.05, 0.1) is 22.5 Å². The van der Waals surface area contributed by atoms with Crippen molar-refractivity contribution in [1.29, 1.82) is 0 Å². The fourth-order valence-corrected chi connectivity index (χ4v) is 2.40. The number of amides is 1. The molecule has 0 bridgehead atoms. The molecular weight excluding hydrogens is 202 g/mol. The third kappa shape index (κ3) is 1.19. The predicted molar refractivity (Wildman–Crippen MR) is 64.4 cm³/mol. The Morgan fingerprint density at radius 3 is 2.88 bits per heavy atom. The van der Waals surface area contributed by atoms with Crippen LogP contribution >= 0.6 is 0 Å². The van der Waals surface area contributed by atoms with Crippen LogP contribution in [0.4, 0.5) is 17.1 Å². The summed E-state index contributed by atoms with van der Waals surface area (Å²) in [5.74, 6) is 0.121. The van der Waals surface area contributed by atoms with Crippen LogP contribution in [0.5, 0.6) is 0 Å². The fraction of sp³-hybridized carbons (Fsp3) is 0.417. The van der Waals surface area contributed by atoms with Gasteiger partial charge in [-0.25, -0.2) is 0 Å². The Bertz CT molecular complexity index is 465. The van der Waals surface area contributed by atoms with Crippen molar-refractivity contribution in [2.75, 3.05) is 29.5 Å². The topological polar surface area (TPSA) is 58.4 Å². The first kappa shape index (κ1) is 9.51. The molecule has 0 unspecified atom stereocenters. The number of fused-ring (bicyclic) bond motifs is 1. The lowest BCUT2D eigenvalue weighted by atomic mass is 10.1. The minimum atomic E-state index is -0.166. The number of hydrogen-bond acceptors (Lipinski definition) is 3. The summed E-state index contributed by atoms with van der Waals surface area (Å²) in [5, 5.41) is 2.97. The number of carbonyl (C=O) groups is 1. The molecule has 16 heavy (non-hydrogen) atoms. The van der Waals surface area contributed by atoms with Gasteiger partial charge < -0.3 is 16.0 Å². The number of carbonyl (C=O) groups excluding carboxylic acids is 1. The van der Waals surface area contributed by atoms with Crippen molar-refractivity contribution in [1.82, 2.24) is 0 Å². The maximum atomic E-state index is 12.1. The number of nitrogens with zero attached hydrogens (tertiary/aromatic N) is 1. The molecule has 1 aliphatic heterocycles. The number of hydrogen-bond donors (Lipinski definition) is 2. The molecule has 3 rings (SSSR count). The Labute approximate surface area is 94.4 Å². The highest BCUT2D eigenvalue weighted by Gasteiger charge is 2.52. The second-order valence-corrected chi connectivity index (χ2v) is 4.83. The summed E-state index contributed by atoms with van der Waals surface area (Å²) in [6, 6.07) is 5.73. The molecule has 3 N–H and O–H groups in total. The molecule has 1 fully saturated rings. The largest absolute Gasteiger partial charge is 0.397 e. The molecule has 0 atom stereocenters. The Morgan fingerprint density at radius 1 is 1.44 bits per heavy atom. The summed E-state index contributed by atoms with van der Waals surface area (Å²) < 4.78 is 0. The van der Waals surface area contributed by atoms with Crippen LogP contribution in [0.25, 0.3) is 0 Å². The Morgan fingerprint density at radius 2 is 2.19 bits per heavy atom. The van der Waals surface area contributed by atoms with E-state index in [0.29, 0.717) is 5.69 Å². The van der Waals surface area contributed by atoms with Gasteiger partial charge in [-0.15, -0.1) is 0 Å². The lowest BCUT2D eigenvalue weighted by Gasteiger charge is -2.21. The van der Waals surface area contributed by atoms with Crippen molar-refractivity contribution >= 4 is 23.0 Å². The Kier molecular flexibility index (Phi) is 1.73. The zero-order chi connectivity index (χ0) is 11.3. The van der Waals surface area contributed by atoms with E-state index in [-0.39, 0.29) is 11.3 Å². The van der Waals surface area contributed by atoms with Crippen molar-refractivity contribution in [3.63, 3.8) is 0 Å². The first-order valence-electron chi connectivity index (χ1n) is 5.53. The monoisotopic (exact) mass is 217 g/mol.